The quantitative estimate of drug-likeness (QED) is 0.594. The molecular weight excluding hydrogens is 158 g/mol. The molecule has 12 heavy (non-hydrogen) atoms. The highest BCUT2D eigenvalue weighted by molar-refractivity contribution is 5.77. The van der Waals surface area contributed by atoms with E-state index in [0.717, 1.165) is 13.0 Å². The summed E-state index contributed by atoms with van der Waals surface area (Å²) in [5.74, 6) is 0.167. The second-order valence-corrected chi connectivity index (χ2v) is 3.11. The number of carbonyl (C=O) groups excluding carboxylic acids is 1. The monoisotopic (exact) mass is 173 g/mol. The Morgan fingerprint density at radius 1 is 1.58 bits per heavy atom. The zero-order chi connectivity index (χ0) is 8.97. The first kappa shape index (κ1) is 9.48. The molecule has 0 aliphatic carbocycles. The standard InChI is InChI=1S/C8H15NO3/c10-6-7(11)3-5-9-4-1-2-8(9)12/h7,10-11H,1-6H2. The van der Waals surface area contributed by atoms with Gasteiger partial charge in [-0.05, 0) is 12.8 Å². The number of amides is 1. The predicted molar refractivity (Wildman–Crippen MR) is 43.5 cm³/mol. The predicted octanol–water partition coefficient (Wildman–Crippen LogP) is -0.648. The van der Waals surface area contributed by atoms with Gasteiger partial charge in [0.25, 0.3) is 0 Å². The summed E-state index contributed by atoms with van der Waals surface area (Å²) in [6, 6.07) is 0. The zero-order valence-electron chi connectivity index (χ0n) is 7.07. The SMILES string of the molecule is O=C1CCCN1CCC(O)CO. The Morgan fingerprint density at radius 2 is 2.33 bits per heavy atom. The molecular formula is C8H15NO3. The van der Waals surface area contributed by atoms with Gasteiger partial charge in [0.1, 0.15) is 0 Å². The molecule has 1 heterocycles. The van der Waals surface area contributed by atoms with Gasteiger partial charge < -0.3 is 15.1 Å². The lowest BCUT2D eigenvalue weighted by molar-refractivity contribution is -0.128. The maximum absolute atomic E-state index is 11.1. The van der Waals surface area contributed by atoms with Crippen molar-refractivity contribution in [1.82, 2.24) is 4.90 Å². The first-order valence-electron chi connectivity index (χ1n) is 4.30. The van der Waals surface area contributed by atoms with Crippen molar-refractivity contribution in [1.29, 1.82) is 0 Å². The summed E-state index contributed by atoms with van der Waals surface area (Å²) < 4.78 is 0. The van der Waals surface area contributed by atoms with Crippen molar-refractivity contribution in [2.24, 2.45) is 0 Å². The maximum Gasteiger partial charge on any atom is 0.222 e. The molecule has 0 aromatic carbocycles. The Morgan fingerprint density at radius 3 is 2.83 bits per heavy atom. The molecule has 0 radical (unpaired) electrons. The molecule has 1 amide bonds. The number of hydrogen-bond acceptors (Lipinski definition) is 3. The lowest BCUT2D eigenvalue weighted by Gasteiger charge is -2.16. The van der Waals surface area contributed by atoms with Crippen LogP contribution in [0.2, 0.25) is 0 Å². The van der Waals surface area contributed by atoms with Crippen LogP contribution in [0.5, 0.6) is 0 Å². The molecule has 0 saturated carbocycles. The second kappa shape index (κ2) is 4.42. The van der Waals surface area contributed by atoms with E-state index in [9.17, 15) is 4.79 Å². The molecule has 1 fully saturated rings. The number of rotatable bonds is 4. The fourth-order valence-electron chi connectivity index (χ4n) is 1.34. The van der Waals surface area contributed by atoms with Gasteiger partial charge in [-0.2, -0.15) is 0 Å². The summed E-state index contributed by atoms with van der Waals surface area (Å²) in [5, 5.41) is 17.5. The number of carbonyl (C=O) groups is 1. The van der Waals surface area contributed by atoms with E-state index >= 15 is 0 Å². The van der Waals surface area contributed by atoms with E-state index in [1.165, 1.54) is 0 Å². The molecule has 70 valence electrons. The third-order valence-corrected chi connectivity index (χ3v) is 2.11. The van der Waals surface area contributed by atoms with Crippen molar-refractivity contribution in [3.8, 4) is 0 Å². The van der Waals surface area contributed by atoms with E-state index < -0.39 is 6.10 Å². The van der Waals surface area contributed by atoms with Gasteiger partial charge in [0.2, 0.25) is 5.91 Å². The summed E-state index contributed by atoms with van der Waals surface area (Å²) >= 11 is 0. The molecule has 0 aromatic rings. The van der Waals surface area contributed by atoms with E-state index in [4.69, 9.17) is 10.2 Å². The van der Waals surface area contributed by atoms with E-state index in [1.54, 1.807) is 4.90 Å². The van der Waals surface area contributed by atoms with Gasteiger partial charge in [0.05, 0.1) is 12.7 Å². The van der Waals surface area contributed by atoms with Crippen LogP contribution in [0.3, 0.4) is 0 Å². The average molecular weight is 173 g/mol. The number of likely N-dealkylation sites (tertiary alicyclic amines) is 1. The maximum atomic E-state index is 11.1. The Bertz CT molecular complexity index is 160. The first-order valence-corrected chi connectivity index (χ1v) is 4.30. The smallest absolute Gasteiger partial charge is 0.222 e. The molecule has 1 saturated heterocycles. The van der Waals surface area contributed by atoms with Crippen LogP contribution >= 0.6 is 0 Å². The van der Waals surface area contributed by atoms with Crippen LogP contribution in [0.15, 0.2) is 0 Å². The highest BCUT2D eigenvalue weighted by atomic mass is 16.3. The number of hydrogen-bond donors (Lipinski definition) is 2. The van der Waals surface area contributed by atoms with Crippen molar-refractivity contribution < 1.29 is 15.0 Å². The Hall–Kier alpha value is -0.610. The van der Waals surface area contributed by atoms with Gasteiger partial charge in [-0.25, -0.2) is 0 Å². The minimum Gasteiger partial charge on any atom is -0.394 e. The van der Waals surface area contributed by atoms with Crippen LogP contribution in [0.1, 0.15) is 19.3 Å². The molecule has 0 spiro atoms. The van der Waals surface area contributed by atoms with Gasteiger partial charge in [0, 0.05) is 19.5 Å². The van der Waals surface area contributed by atoms with Gasteiger partial charge in [0.15, 0.2) is 0 Å². The van der Waals surface area contributed by atoms with Crippen molar-refractivity contribution in [2.45, 2.75) is 25.4 Å². The number of nitrogens with zero attached hydrogens (tertiary/aromatic N) is 1. The summed E-state index contributed by atoms with van der Waals surface area (Å²) in [5.41, 5.74) is 0. The van der Waals surface area contributed by atoms with Crippen LogP contribution in [0.4, 0.5) is 0 Å². The summed E-state index contributed by atoms with van der Waals surface area (Å²) in [6.07, 6.45) is 1.35. The summed E-state index contributed by atoms with van der Waals surface area (Å²) in [6.45, 7) is 1.15. The molecule has 1 unspecified atom stereocenters. The molecule has 0 bridgehead atoms. The summed E-state index contributed by atoms with van der Waals surface area (Å²) in [7, 11) is 0. The largest absolute Gasteiger partial charge is 0.394 e. The fraction of sp³-hybridized carbons (Fsp3) is 0.875. The van der Waals surface area contributed by atoms with Crippen LogP contribution in [-0.2, 0) is 4.79 Å². The van der Waals surface area contributed by atoms with E-state index in [1.807, 2.05) is 0 Å². The van der Waals surface area contributed by atoms with E-state index in [-0.39, 0.29) is 12.5 Å². The highest BCUT2D eigenvalue weighted by Crippen LogP contribution is 2.10. The Kier molecular flexibility index (Phi) is 3.49. The van der Waals surface area contributed by atoms with Crippen molar-refractivity contribution in [3.63, 3.8) is 0 Å². The van der Waals surface area contributed by atoms with E-state index in [0.29, 0.717) is 19.4 Å². The second-order valence-electron chi connectivity index (χ2n) is 3.11. The lowest BCUT2D eigenvalue weighted by atomic mass is 10.2. The molecule has 2 N–H and O–H groups in total. The molecule has 1 atom stereocenters. The topological polar surface area (TPSA) is 60.8 Å². The average Bonchev–Trinajstić information content (AvgIpc) is 2.47. The summed E-state index contributed by atoms with van der Waals surface area (Å²) in [4.78, 5) is 12.8. The Balaban J connectivity index is 2.18. The molecule has 4 nitrogen and oxygen atoms in total. The Labute approximate surface area is 71.8 Å². The van der Waals surface area contributed by atoms with Gasteiger partial charge in [-0.15, -0.1) is 0 Å². The molecule has 1 rings (SSSR count). The van der Waals surface area contributed by atoms with Gasteiger partial charge >= 0.3 is 0 Å². The lowest BCUT2D eigenvalue weighted by Crippen LogP contribution is -2.29. The van der Waals surface area contributed by atoms with Crippen LogP contribution in [0.25, 0.3) is 0 Å². The minimum atomic E-state index is -0.682. The fourth-order valence-corrected chi connectivity index (χ4v) is 1.34. The number of aliphatic hydroxyl groups is 2. The highest BCUT2D eigenvalue weighted by Gasteiger charge is 2.20. The molecule has 4 heteroatoms. The van der Waals surface area contributed by atoms with Gasteiger partial charge in [-0.1, -0.05) is 0 Å². The van der Waals surface area contributed by atoms with Crippen molar-refractivity contribution in [2.75, 3.05) is 19.7 Å². The third kappa shape index (κ3) is 2.46. The van der Waals surface area contributed by atoms with E-state index in [2.05, 4.69) is 0 Å². The number of aliphatic hydroxyl groups excluding tert-OH is 2. The molecule has 1 aliphatic heterocycles. The zero-order valence-corrected chi connectivity index (χ0v) is 7.07. The molecule has 1 aliphatic rings. The van der Waals surface area contributed by atoms with Crippen LogP contribution in [-0.4, -0.2) is 46.8 Å². The minimum absolute atomic E-state index is 0.167. The van der Waals surface area contributed by atoms with Crippen molar-refractivity contribution in [3.05, 3.63) is 0 Å². The van der Waals surface area contributed by atoms with Crippen LogP contribution in [0, 0.1) is 0 Å². The first-order chi connectivity index (χ1) is 5.74. The van der Waals surface area contributed by atoms with Gasteiger partial charge in [-0.3, -0.25) is 4.79 Å². The van der Waals surface area contributed by atoms with Crippen molar-refractivity contribution >= 4 is 5.91 Å². The third-order valence-electron chi connectivity index (χ3n) is 2.11. The molecule has 0 aromatic heterocycles. The normalized spacial score (nSPS) is 20.2. The van der Waals surface area contributed by atoms with Crippen LogP contribution < -0.4 is 0 Å².